The molecule has 8 nitrogen and oxygen atoms in total. The second-order valence-electron chi connectivity index (χ2n) is 5.88. The summed E-state index contributed by atoms with van der Waals surface area (Å²) in [5.41, 5.74) is 1.07. The van der Waals surface area contributed by atoms with E-state index in [9.17, 15) is 18.0 Å². The molecule has 1 aromatic rings. The van der Waals surface area contributed by atoms with Crippen molar-refractivity contribution in [2.75, 3.05) is 5.32 Å². The minimum absolute atomic E-state index is 0.144. The van der Waals surface area contributed by atoms with Crippen LogP contribution in [-0.2, 0) is 29.1 Å². The lowest BCUT2D eigenvalue weighted by molar-refractivity contribution is -0.222. The SMILES string of the molecule is Cc1cc(C)c(NC=C2C(=O)OC(C)(C)OC2=O)c(S(N)(=O)=O)c1. The van der Waals surface area contributed by atoms with Crippen molar-refractivity contribution >= 4 is 27.6 Å². The Kier molecular flexibility index (Phi) is 4.42. The number of primary sulfonamides is 1. The van der Waals surface area contributed by atoms with Crippen LogP contribution in [0.1, 0.15) is 25.0 Å². The Morgan fingerprint density at radius 2 is 1.67 bits per heavy atom. The van der Waals surface area contributed by atoms with Crippen molar-refractivity contribution in [2.45, 2.75) is 38.4 Å². The number of hydrogen-bond acceptors (Lipinski definition) is 7. The summed E-state index contributed by atoms with van der Waals surface area (Å²) in [5.74, 6) is -3.09. The zero-order valence-electron chi connectivity index (χ0n) is 13.7. The van der Waals surface area contributed by atoms with E-state index in [-0.39, 0.29) is 16.2 Å². The lowest BCUT2D eigenvalue weighted by Gasteiger charge is -2.29. The van der Waals surface area contributed by atoms with Crippen molar-refractivity contribution in [1.29, 1.82) is 0 Å². The molecule has 9 heteroatoms. The van der Waals surface area contributed by atoms with Crippen LogP contribution in [0.4, 0.5) is 5.69 Å². The molecular weight excluding hydrogens is 336 g/mol. The van der Waals surface area contributed by atoms with Crippen molar-refractivity contribution in [3.05, 3.63) is 35.0 Å². The van der Waals surface area contributed by atoms with Crippen molar-refractivity contribution in [3.8, 4) is 0 Å². The third-order valence-electron chi connectivity index (χ3n) is 3.23. The van der Waals surface area contributed by atoms with Crippen LogP contribution in [0.15, 0.2) is 28.8 Å². The standard InChI is InChI=1S/C15H18N2O6S/c1-8-5-9(2)12(11(6-8)24(16,20)21)17-7-10-13(18)22-15(3,4)23-14(10)19/h5-7,17H,1-4H3,(H2,16,20,21). The lowest BCUT2D eigenvalue weighted by atomic mass is 10.1. The average Bonchev–Trinajstić information content (AvgIpc) is 2.36. The third kappa shape index (κ3) is 3.74. The fraction of sp³-hybridized carbons (Fsp3) is 0.333. The third-order valence-corrected chi connectivity index (χ3v) is 4.16. The molecule has 1 fully saturated rings. The van der Waals surface area contributed by atoms with E-state index in [0.29, 0.717) is 11.1 Å². The van der Waals surface area contributed by atoms with Gasteiger partial charge in [-0.25, -0.2) is 23.1 Å². The highest BCUT2D eigenvalue weighted by molar-refractivity contribution is 7.89. The van der Waals surface area contributed by atoms with Crippen LogP contribution in [0.25, 0.3) is 0 Å². The summed E-state index contributed by atoms with van der Waals surface area (Å²) in [6, 6.07) is 3.12. The van der Waals surface area contributed by atoms with Gasteiger partial charge in [0.25, 0.3) is 5.79 Å². The van der Waals surface area contributed by atoms with E-state index in [1.807, 2.05) is 0 Å². The fourth-order valence-electron chi connectivity index (χ4n) is 2.26. The number of cyclic esters (lactones) is 2. The highest BCUT2D eigenvalue weighted by Gasteiger charge is 2.39. The Labute approximate surface area is 139 Å². The van der Waals surface area contributed by atoms with E-state index < -0.39 is 27.7 Å². The molecular formula is C15H18N2O6S. The minimum atomic E-state index is -4.00. The second kappa shape index (κ2) is 5.91. The molecule has 0 aliphatic carbocycles. The number of ether oxygens (including phenoxy) is 2. The van der Waals surface area contributed by atoms with E-state index in [2.05, 4.69) is 5.32 Å². The van der Waals surface area contributed by atoms with Crippen LogP contribution in [0, 0.1) is 13.8 Å². The number of anilines is 1. The molecule has 1 saturated heterocycles. The highest BCUT2D eigenvalue weighted by Crippen LogP contribution is 2.27. The van der Waals surface area contributed by atoms with Crippen LogP contribution in [0.3, 0.4) is 0 Å². The van der Waals surface area contributed by atoms with Crippen molar-refractivity contribution < 1.29 is 27.5 Å². The van der Waals surface area contributed by atoms with Gasteiger partial charge in [0.2, 0.25) is 10.0 Å². The van der Waals surface area contributed by atoms with Crippen molar-refractivity contribution in [1.82, 2.24) is 0 Å². The molecule has 1 aromatic carbocycles. The maximum Gasteiger partial charge on any atom is 0.350 e. The van der Waals surface area contributed by atoms with Gasteiger partial charge in [0.1, 0.15) is 4.90 Å². The normalized spacial score (nSPS) is 17.1. The maximum absolute atomic E-state index is 11.9. The topological polar surface area (TPSA) is 125 Å². The average molecular weight is 354 g/mol. The maximum atomic E-state index is 11.9. The van der Waals surface area contributed by atoms with E-state index in [1.165, 1.54) is 19.9 Å². The van der Waals surface area contributed by atoms with Crippen molar-refractivity contribution in [3.63, 3.8) is 0 Å². The summed E-state index contributed by atoms with van der Waals surface area (Å²) in [7, 11) is -4.00. The Bertz CT molecular complexity index is 833. The van der Waals surface area contributed by atoms with Gasteiger partial charge in [-0.15, -0.1) is 0 Å². The second-order valence-corrected chi connectivity index (χ2v) is 7.41. The molecule has 0 atom stereocenters. The molecule has 1 aliphatic heterocycles. The Morgan fingerprint density at radius 3 is 2.17 bits per heavy atom. The molecule has 0 bridgehead atoms. The molecule has 0 amide bonds. The van der Waals surface area contributed by atoms with Gasteiger partial charge in [-0.3, -0.25) is 0 Å². The molecule has 2 rings (SSSR count). The molecule has 1 aliphatic rings. The minimum Gasteiger partial charge on any atom is -0.419 e. The van der Waals surface area contributed by atoms with Gasteiger partial charge in [-0.1, -0.05) is 6.07 Å². The van der Waals surface area contributed by atoms with Crippen LogP contribution in [0.2, 0.25) is 0 Å². The van der Waals surface area contributed by atoms with Crippen LogP contribution >= 0.6 is 0 Å². The first kappa shape index (κ1) is 18.0. The van der Waals surface area contributed by atoms with Gasteiger partial charge < -0.3 is 14.8 Å². The number of benzene rings is 1. The number of carbonyl (C=O) groups is 2. The molecule has 0 saturated carbocycles. The largest absolute Gasteiger partial charge is 0.419 e. The number of nitrogens with two attached hydrogens (primary N) is 1. The van der Waals surface area contributed by atoms with Crippen LogP contribution in [0.5, 0.6) is 0 Å². The number of sulfonamides is 1. The first-order chi connectivity index (χ1) is 10.9. The number of nitrogens with one attached hydrogen (secondary N) is 1. The molecule has 3 N–H and O–H groups in total. The predicted octanol–water partition coefficient (Wildman–Crippen LogP) is 1.08. The number of rotatable bonds is 3. The fourth-order valence-corrected chi connectivity index (χ4v) is 3.12. The van der Waals surface area contributed by atoms with Gasteiger partial charge in [0.05, 0.1) is 5.69 Å². The Hall–Kier alpha value is -2.39. The first-order valence-electron chi connectivity index (χ1n) is 6.98. The molecule has 1 heterocycles. The zero-order valence-corrected chi connectivity index (χ0v) is 14.5. The number of carbonyl (C=O) groups excluding carboxylic acids is 2. The van der Waals surface area contributed by atoms with Gasteiger partial charge in [-0.05, 0) is 31.0 Å². The summed E-state index contributed by atoms with van der Waals surface area (Å²) in [6.07, 6.45) is 1.05. The smallest absolute Gasteiger partial charge is 0.350 e. The highest BCUT2D eigenvalue weighted by atomic mass is 32.2. The first-order valence-corrected chi connectivity index (χ1v) is 8.53. The molecule has 130 valence electrons. The van der Waals surface area contributed by atoms with Crippen LogP contribution in [-0.4, -0.2) is 26.1 Å². The lowest BCUT2D eigenvalue weighted by Crippen LogP contribution is -2.42. The van der Waals surface area contributed by atoms with E-state index in [1.54, 1.807) is 19.9 Å². The number of hydrogen-bond donors (Lipinski definition) is 2. The summed E-state index contributed by atoms with van der Waals surface area (Å²) in [6.45, 7) is 6.25. The molecule has 0 aromatic heterocycles. The Balaban J connectivity index is 2.43. The summed E-state index contributed by atoms with van der Waals surface area (Å²) < 4.78 is 33.4. The number of aryl methyl sites for hydroxylation is 2. The summed E-state index contributed by atoms with van der Waals surface area (Å²) in [5, 5.41) is 7.87. The van der Waals surface area contributed by atoms with E-state index in [4.69, 9.17) is 14.6 Å². The van der Waals surface area contributed by atoms with Crippen molar-refractivity contribution in [2.24, 2.45) is 5.14 Å². The van der Waals surface area contributed by atoms with E-state index in [0.717, 1.165) is 6.20 Å². The molecule has 0 spiro atoms. The predicted molar refractivity (Wildman–Crippen MR) is 85.3 cm³/mol. The quantitative estimate of drug-likeness (QED) is 0.473. The summed E-state index contributed by atoms with van der Waals surface area (Å²) >= 11 is 0. The van der Waals surface area contributed by atoms with Gasteiger partial charge >= 0.3 is 11.9 Å². The zero-order chi connectivity index (χ0) is 18.3. The molecule has 0 radical (unpaired) electrons. The van der Waals surface area contributed by atoms with Gasteiger partial charge in [-0.2, -0.15) is 0 Å². The summed E-state index contributed by atoms with van der Waals surface area (Å²) in [4.78, 5) is 23.6. The van der Waals surface area contributed by atoms with Gasteiger partial charge in [0.15, 0.2) is 5.57 Å². The van der Waals surface area contributed by atoms with Gasteiger partial charge in [0, 0.05) is 20.0 Å². The van der Waals surface area contributed by atoms with E-state index >= 15 is 0 Å². The molecule has 24 heavy (non-hydrogen) atoms. The Morgan fingerprint density at radius 1 is 1.12 bits per heavy atom. The molecule has 0 unspecified atom stereocenters. The van der Waals surface area contributed by atoms with Crippen LogP contribution < -0.4 is 10.5 Å². The monoisotopic (exact) mass is 354 g/mol. The number of esters is 2.